The van der Waals surface area contributed by atoms with Gasteiger partial charge < -0.3 is 11.1 Å². The summed E-state index contributed by atoms with van der Waals surface area (Å²) < 4.78 is 0. The minimum Gasteiger partial charge on any atom is -0.369 e. The molecule has 0 saturated carbocycles. The van der Waals surface area contributed by atoms with Gasteiger partial charge in [0, 0.05) is 11.4 Å². The first-order valence-corrected chi connectivity index (χ1v) is 6.35. The van der Waals surface area contributed by atoms with Crippen molar-refractivity contribution in [1.29, 1.82) is 0 Å². The zero-order valence-electron chi connectivity index (χ0n) is 10.4. The Morgan fingerprint density at radius 2 is 2.06 bits per heavy atom. The van der Waals surface area contributed by atoms with Crippen LogP contribution in [-0.4, -0.2) is 18.4 Å². The molecule has 1 aromatic heterocycles. The first kappa shape index (κ1) is 13.7. The molecule has 0 atom stereocenters. The van der Waals surface area contributed by atoms with E-state index in [0.29, 0.717) is 4.88 Å². The summed E-state index contributed by atoms with van der Waals surface area (Å²) in [6, 6.07) is 3.74. The number of nitrogens with two attached hydrogens (primary N) is 1. The molecule has 4 nitrogen and oxygen atoms in total. The Balaban J connectivity index is 2.58. The molecule has 0 saturated heterocycles. The zero-order valence-corrected chi connectivity index (χ0v) is 11.2. The number of carbonyl (C=O) groups excluding carboxylic acids is 2. The van der Waals surface area contributed by atoms with Crippen LogP contribution in [0.2, 0.25) is 0 Å². The van der Waals surface area contributed by atoms with Gasteiger partial charge >= 0.3 is 0 Å². The van der Waals surface area contributed by atoms with Crippen molar-refractivity contribution < 1.29 is 9.59 Å². The molecule has 94 valence electrons. The highest BCUT2D eigenvalue weighted by molar-refractivity contribution is 7.14. The Bertz CT molecular complexity index is 424. The van der Waals surface area contributed by atoms with Gasteiger partial charge in [-0.25, -0.2) is 0 Å². The molecule has 0 aliphatic heterocycles. The maximum absolute atomic E-state index is 11.8. The quantitative estimate of drug-likeness (QED) is 0.836. The highest BCUT2D eigenvalue weighted by atomic mass is 32.1. The molecule has 5 heteroatoms. The fourth-order valence-corrected chi connectivity index (χ4v) is 2.03. The summed E-state index contributed by atoms with van der Waals surface area (Å²) in [6.45, 7) is 5.72. The molecule has 1 heterocycles. The molecular formula is C12H18N2O2S. The number of hydrogen-bond donors (Lipinski definition) is 2. The number of carbonyl (C=O) groups is 2. The third kappa shape index (κ3) is 3.56. The minimum atomic E-state index is -0.722. The Hall–Kier alpha value is -1.36. The van der Waals surface area contributed by atoms with Crippen LogP contribution in [0.15, 0.2) is 12.1 Å². The van der Waals surface area contributed by atoms with Gasteiger partial charge in [0.15, 0.2) is 0 Å². The Morgan fingerprint density at radius 1 is 1.41 bits per heavy atom. The smallest absolute Gasteiger partial charge is 0.261 e. The standard InChI is InChI=1S/C12H18N2O2S/c1-4-8-5-6-9(17-8)10(15)14-7-12(2,3)11(13)16/h5-6H,4,7H2,1-3H3,(H2,13,16)(H,14,15). The molecule has 0 aliphatic carbocycles. The second kappa shape index (κ2) is 5.31. The fourth-order valence-electron chi connectivity index (χ4n) is 1.17. The lowest BCUT2D eigenvalue weighted by atomic mass is 9.93. The van der Waals surface area contributed by atoms with E-state index in [4.69, 9.17) is 5.73 Å². The van der Waals surface area contributed by atoms with E-state index in [-0.39, 0.29) is 12.5 Å². The lowest BCUT2D eigenvalue weighted by Crippen LogP contribution is -2.42. The van der Waals surface area contributed by atoms with E-state index in [0.717, 1.165) is 6.42 Å². The summed E-state index contributed by atoms with van der Waals surface area (Å²) in [5.41, 5.74) is 4.51. The van der Waals surface area contributed by atoms with Crippen molar-refractivity contribution in [2.24, 2.45) is 11.1 Å². The van der Waals surface area contributed by atoms with Crippen LogP contribution in [0.1, 0.15) is 35.3 Å². The van der Waals surface area contributed by atoms with Gasteiger partial charge in [-0.3, -0.25) is 9.59 Å². The van der Waals surface area contributed by atoms with Gasteiger partial charge in [-0.15, -0.1) is 11.3 Å². The predicted octanol–water partition coefficient (Wildman–Crippen LogP) is 1.55. The first-order valence-electron chi connectivity index (χ1n) is 5.53. The topological polar surface area (TPSA) is 72.2 Å². The van der Waals surface area contributed by atoms with Crippen LogP contribution in [0.3, 0.4) is 0 Å². The number of amides is 2. The number of rotatable bonds is 5. The molecule has 0 unspecified atom stereocenters. The summed E-state index contributed by atoms with van der Waals surface area (Å²) in [5, 5.41) is 2.73. The van der Waals surface area contributed by atoms with E-state index < -0.39 is 11.3 Å². The Labute approximate surface area is 105 Å². The van der Waals surface area contributed by atoms with Crippen LogP contribution in [0.25, 0.3) is 0 Å². The summed E-state index contributed by atoms with van der Waals surface area (Å²) in [5.74, 6) is -0.567. The van der Waals surface area contributed by atoms with E-state index in [9.17, 15) is 9.59 Å². The SMILES string of the molecule is CCc1ccc(C(=O)NCC(C)(C)C(N)=O)s1. The van der Waals surface area contributed by atoms with E-state index in [1.807, 2.05) is 13.0 Å². The van der Waals surface area contributed by atoms with Crippen molar-refractivity contribution in [3.63, 3.8) is 0 Å². The molecule has 3 N–H and O–H groups in total. The molecule has 0 radical (unpaired) electrons. The molecule has 0 aromatic carbocycles. The number of nitrogens with one attached hydrogen (secondary N) is 1. The lowest BCUT2D eigenvalue weighted by molar-refractivity contribution is -0.125. The summed E-state index contributed by atoms with van der Waals surface area (Å²) in [4.78, 5) is 24.7. The number of hydrogen-bond acceptors (Lipinski definition) is 3. The van der Waals surface area contributed by atoms with Crippen molar-refractivity contribution in [3.8, 4) is 0 Å². The highest BCUT2D eigenvalue weighted by Gasteiger charge is 2.25. The average molecular weight is 254 g/mol. The van der Waals surface area contributed by atoms with E-state index >= 15 is 0 Å². The second-order valence-electron chi connectivity index (χ2n) is 4.55. The van der Waals surface area contributed by atoms with Crippen LogP contribution in [-0.2, 0) is 11.2 Å². The van der Waals surface area contributed by atoms with Gasteiger partial charge in [-0.05, 0) is 32.4 Å². The number of aryl methyl sites for hydroxylation is 1. The van der Waals surface area contributed by atoms with Gasteiger partial charge in [0.2, 0.25) is 5.91 Å². The van der Waals surface area contributed by atoms with E-state index in [2.05, 4.69) is 5.32 Å². The van der Waals surface area contributed by atoms with Crippen LogP contribution in [0.4, 0.5) is 0 Å². The van der Waals surface area contributed by atoms with E-state index in [1.165, 1.54) is 16.2 Å². The molecule has 0 bridgehead atoms. The van der Waals surface area contributed by atoms with Crippen LogP contribution >= 0.6 is 11.3 Å². The lowest BCUT2D eigenvalue weighted by Gasteiger charge is -2.20. The third-order valence-electron chi connectivity index (χ3n) is 2.59. The van der Waals surface area contributed by atoms with Crippen molar-refractivity contribution in [1.82, 2.24) is 5.32 Å². The largest absolute Gasteiger partial charge is 0.369 e. The number of thiophene rings is 1. The molecule has 1 rings (SSSR count). The summed E-state index contributed by atoms with van der Waals surface area (Å²) >= 11 is 1.47. The van der Waals surface area contributed by atoms with Crippen LogP contribution < -0.4 is 11.1 Å². The van der Waals surface area contributed by atoms with Gasteiger partial charge in [-0.1, -0.05) is 6.92 Å². The molecule has 1 aromatic rings. The minimum absolute atomic E-state index is 0.149. The van der Waals surface area contributed by atoms with Gasteiger partial charge in [0.05, 0.1) is 10.3 Å². The molecule has 0 fully saturated rings. The first-order chi connectivity index (χ1) is 7.86. The van der Waals surface area contributed by atoms with Crippen molar-refractivity contribution in [2.45, 2.75) is 27.2 Å². The summed E-state index contributed by atoms with van der Waals surface area (Å²) in [6.07, 6.45) is 0.921. The Morgan fingerprint density at radius 3 is 2.53 bits per heavy atom. The zero-order chi connectivity index (χ0) is 13.1. The van der Waals surface area contributed by atoms with Crippen molar-refractivity contribution >= 4 is 23.2 Å². The highest BCUT2D eigenvalue weighted by Crippen LogP contribution is 2.17. The van der Waals surface area contributed by atoms with Gasteiger partial charge in [-0.2, -0.15) is 0 Å². The second-order valence-corrected chi connectivity index (χ2v) is 5.72. The molecule has 0 spiro atoms. The Kier molecular flexibility index (Phi) is 4.28. The van der Waals surface area contributed by atoms with Crippen molar-refractivity contribution in [3.05, 3.63) is 21.9 Å². The predicted molar refractivity (Wildman–Crippen MR) is 69.0 cm³/mol. The molecule has 2 amide bonds. The van der Waals surface area contributed by atoms with Crippen LogP contribution in [0.5, 0.6) is 0 Å². The van der Waals surface area contributed by atoms with Crippen molar-refractivity contribution in [2.75, 3.05) is 6.54 Å². The summed E-state index contributed by atoms with van der Waals surface area (Å²) in [7, 11) is 0. The maximum atomic E-state index is 11.8. The average Bonchev–Trinajstić information content (AvgIpc) is 2.74. The van der Waals surface area contributed by atoms with Gasteiger partial charge in [0.25, 0.3) is 5.91 Å². The molecular weight excluding hydrogens is 236 g/mol. The fraction of sp³-hybridized carbons (Fsp3) is 0.500. The maximum Gasteiger partial charge on any atom is 0.261 e. The van der Waals surface area contributed by atoms with Gasteiger partial charge in [0.1, 0.15) is 0 Å². The monoisotopic (exact) mass is 254 g/mol. The van der Waals surface area contributed by atoms with Crippen LogP contribution in [0, 0.1) is 5.41 Å². The normalized spacial score (nSPS) is 11.2. The van der Waals surface area contributed by atoms with E-state index in [1.54, 1.807) is 19.9 Å². The molecule has 0 aliphatic rings. The number of primary amides is 1. The third-order valence-corrected chi connectivity index (χ3v) is 3.82. The molecule has 17 heavy (non-hydrogen) atoms.